The fourth-order valence-corrected chi connectivity index (χ4v) is 6.92. The van der Waals surface area contributed by atoms with Crippen molar-refractivity contribution >= 4 is 45.0 Å². The van der Waals surface area contributed by atoms with Gasteiger partial charge in [-0.05, 0) is 86.0 Å². The second-order valence-electron chi connectivity index (χ2n) is 11.0. The van der Waals surface area contributed by atoms with Crippen molar-refractivity contribution < 1.29 is 28.7 Å². The van der Waals surface area contributed by atoms with Crippen molar-refractivity contribution in [3.63, 3.8) is 0 Å². The second kappa shape index (κ2) is 15.0. The number of nitro groups is 1. The van der Waals surface area contributed by atoms with E-state index in [2.05, 4.69) is 20.9 Å². The molecule has 0 unspecified atom stereocenters. The largest absolute Gasteiger partial charge is 0.491 e. The number of thiazole rings is 1. The minimum atomic E-state index is -0.826. The van der Waals surface area contributed by atoms with E-state index in [0.717, 1.165) is 0 Å². The Kier molecular flexibility index (Phi) is 10.8. The quantitative estimate of drug-likeness (QED) is 0.0951. The number of benzene rings is 3. The van der Waals surface area contributed by atoms with Crippen LogP contribution in [0.15, 0.2) is 86.2 Å². The number of halogens is 1. The summed E-state index contributed by atoms with van der Waals surface area (Å²) in [4.78, 5) is 43.4. The van der Waals surface area contributed by atoms with E-state index in [1.54, 1.807) is 44.2 Å². The number of carbonyl (C=O) groups is 1. The first-order valence-electron chi connectivity index (χ1n) is 15.3. The van der Waals surface area contributed by atoms with E-state index < -0.39 is 16.9 Å². The molecule has 3 aromatic carbocycles. The van der Waals surface area contributed by atoms with Crippen LogP contribution in [0.1, 0.15) is 57.4 Å². The molecule has 1 aromatic heterocycles. The fourth-order valence-electron chi connectivity index (χ4n) is 5.29. The minimum Gasteiger partial charge on any atom is -0.491 e. The zero-order valence-corrected chi connectivity index (χ0v) is 29.4. The zero-order valence-electron chi connectivity index (χ0n) is 27.0. The molecule has 0 saturated carbocycles. The van der Waals surface area contributed by atoms with Gasteiger partial charge < -0.3 is 18.9 Å². The van der Waals surface area contributed by atoms with Crippen LogP contribution >= 0.6 is 27.3 Å². The number of carbonyl (C=O) groups excluding carboxylic acids is 1. The Bertz CT molecular complexity index is 2090. The number of nitro benzene ring substituents is 1. The summed E-state index contributed by atoms with van der Waals surface area (Å²) in [5.74, 6) is 0.839. The fraction of sp³-hybridized carbons (Fsp3) is 0.286. The van der Waals surface area contributed by atoms with Crippen LogP contribution in [0.25, 0.3) is 6.08 Å². The first-order valence-corrected chi connectivity index (χ1v) is 16.9. The molecule has 48 heavy (non-hydrogen) atoms. The number of allylic oxidation sites excluding steroid dienone is 1. The van der Waals surface area contributed by atoms with Gasteiger partial charge in [-0.15, -0.1) is 0 Å². The smallest absolute Gasteiger partial charge is 0.338 e. The number of hydrogen-bond donors (Lipinski definition) is 0. The first-order chi connectivity index (χ1) is 23.0. The lowest BCUT2D eigenvalue weighted by molar-refractivity contribution is -0.384. The maximum Gasteiger partial charge on any atom is 0.338 e. The highest BCUT2D eigenvalue weighted by atomic mass is 79.9. The topological polar surface area (TPSA) is 131 Å². The molecule has 250 valence electrons. The highest BCUT2D eigenvalue weighted by molar-refractivity contribution is 9.10. The van der Waals surface area contributed by atoms with Gasteiger partial charge in [-0.1, -0.05) is 41.7 Å². The summed E-state index contributed by atoms with van der Waals surface area (Å²) in [6.07, 6.45) is 1.59. The Morgan fingerprint density at radius 1 is 1.08 bits per heavy atom. The summed E-state index contributed by atoms with van der Waals surface area (Å²) in [7, 11) is 0. The van der Waals surface area contributed by atoms with Gasteiger partial charge in [-0.25, -0.2) is 9.79 Å². The predicted octanol–water partition coefficient (Wildman–Crippen LogP) is 6.23. The van der Waals surface area contributed by atoms with Crippen LogP contribution in [-0.4, -0.2) is 34.8 Å². The van der Waals surface area contributed by atoms with Crippen LogP contribution in [0.5, 0.6) is 17.2 Å². The van der Waals surface area contributed by atoms with E-state index in [4.69, 9.17) is 18.9 Å². The number of para-hydroxylation sites is 1. The molecule has 13 heteroatoms. The highest BCUT2D eigenvalue weighted by Gasteiger charge is 2.35. The molecule has 1 atom stereocenters. The Hall–Kier alpha value is -4.75. The van der Waals surface area contributed by atoms with Crippen molar-refractivity contribution in [2.45, 2.75) is 53.4 Å². The Balaban J connectivity index is 1.59. The van der Waals surface area contributed by atoms with Crippen LogP contribution < -0.4 is 29.1 Å². The summed E-state index contributed by atoms with van der Waals surface area (Å²) in [6.45, 7) is 9.71. The number of ether oxygens (including phenoxy) is 4. The number of esters is 1. The minimum absolute atomic E-state index is 0.0280. The molecule has 5 rings (SSSR count). The van der Waals surface area contributed by atoms with Crippen molar-refractivity contribution in [2.75, 3.05) is 13.2 Å². The van der Waals surface area contributed by atoms with Crippen LogP contribution in [-0.2, 0) is 16.1 Å². The monoisotopic (exact) mass is 735 g/mol. The SMILES string of the molecule is CCOC(=O)C1=C(C)N=c2s/c(=C/c3cc(Br)c(OCc4cccc([N+](=O)[O-])c4)c(OCC)c3)c(=O)n2[C@@H]1c1ccccc1OC(C)C. The van der Waals surface area contributed by atoms with E-state index in [1.165, 1.54) is 28.0 Å². The first kappa shape index (κ1) is 34.6. The molecular weight excluding hydrogens is 702 g/mol. The number of aromatic nitrogens is 1. The lowest BCUT2D eigenvalue weighted by atomic mass is 9.95. The third-order valence-electron chi connectivity index (χ3n) is 7.23. The maximum absolute atomic E-state index is 14.2. The van der Waals surface area contributed by atoms with Gasteiger partial charge in [-0.3, -0.25) is 19.5 Å². The van der Waals surface area contributed by atoms with Crippen LogP contribution in [0.3, 0.4) is 0 Å². The standard InChI is InChI=1S/C35H34BrN3O8S/c1-6-44-28-17-23(16-26(36)32(28)46-19-22-11-10-12-24(15-22)39(42)43)18-29-33(40)38-31(25-13-8-9-14-27(25)47-20(3)4)30(34(41)45-7-2)21(5)37-35(38)48-29/h8-18,20,31H,6-7,19H2,1-5H3/b29-18+/t31-/m1/s1. The van der Waals surface area contributed by atoms with Crippen molar-refractivity contribution in [1.29, 1.82) is 0 Å². The number of hydrogen-bond acceptors (Lipinski definition) is 10. The zero-order chi connectivity index (χ0) is 34.5. The molecular formula is C35H34BrN3O8S. The van der Waals surface area contributed by atoms with Gasteiger partial charge in [0.1, 0.15) is 18.4 Å². The van der Waals surface area contributed by atoms with E-state index in [0.29, 0.717) is 60.0 Å². The van der Waals surface area contributed by atoms with Gasteiger partial charge >= 0.3 is 5.97 Å². The van der Waals surface area contributed by atoms with E-state index >= 15 is 0 Å². The second-order valence-corrected chi connectivity index (χ2v) is 12.8. The molecule has 0 fully saturated rings. The number of rotatable bonds is 12. The Labute approximate surface area is 289 Å². The van der Waals surface area contributed by atoms with Gasteiger partial charge in [0.2, 0.25) is 0 Å². The molecule has 0 radical (unpaired) electrons. The average Bonchev–Trinajstić information content (AvgIpc) is 3.34. The molecule has 0 N–H and O–H groups in total. The molecule has 2 heterocycles. The van der Waals surface area contributed by atoms with Crippen molar-refractivity contribution in [3.05, 3.63) is 123 Å². The lowest BCUT2D eigenvalue weighted by Gasteiger charge is -2.26. The number of non-ortho nitro benzene ring substituents is 1. The normalized spacial score (nSPS) is 14.4. The van der Waals surface area contributed by atoms with Crippen LogP contribution in [0, 0.1) is 10.1 Å². The van der Waals surface area contributed by atoms with E-state index in [9.17, 15) is 19.7 Å². The average molecular weight is 737 g/mol. The summed E-state index contributed by atoms with van der Waals surface area (Å²) in [5.41, 5.74) is 2.27. The van der Waals surface area contributed by atoms with Gasteiger partial charge in [-0.2, -0.15) is 0 Å². The van der Waals surface area contributed by atoms with Gasteiger partial charge in [0.25, 0.3) is 11.2 Å². The summed E-state index contributed by atoms with van der Waals surface area (Å²) in [6, 6.07) is 16.3. The Morgan fingerprint density at radius 2 is 1.85 bits per heavy atom. The third-order valence-corrected chi connectivity index (χ3v) is 8.80. The van der Waals surface area contributed by atoms with Crippen molar-refractivity contribution in [3.8, 4) is 17.2 Å². The predicted molar refractivity (Wildman–Crippen MR) is 185 cm³/mol. The highest BCUT2D eigenvalue weighted by Crippen LogP contribution is 2.39. The molecule has 1 aliphatic rings. The molecule has 4 aromatic rings. The van der Waals surface area contributed by atoms with Crippen molar-refractivity contribution in [2.24, 2.45) is 4.99 Å². The molecule has 0 saturated heterocycles. The Morgan fingerprint density at radius 3 is 2.56 bits per heavy atom. The summed E-state index contributed by atoms with van der Waals surface area (Å²) >= 11 is 4.78. The van der Waals surface area contributed by atoms with Gasteiger partial charge in [0.05, 0.1) is 44.5 Å². The molecule has 1 aliphatic heterocycles. The van der Waals surface area contributed by atoms with Crippen LogP contribution in [0.4, 0.5) is 5.69 Å². The van der Waals surface area contributed by atoms with E-state index in [1.807, 2.05) is 45.0 Å². The molecule has 0 aliphatic carbocycles. The van der Waals surface area contributed by atoms with Crippen molar-refractivity contribution in [1.82, 2.24) is 4.57 Å². The lowest BCUT2D eigenvalue weighted by Crippen LogP contribution is -2.40. The van der Waals surface area contributed by atoms with Gasteiger partial charge in [0, 0.05) is 17.7 Å². The van der Waals surface area contributed by atoms with Crippen LogP contribution in [0.2, 0.25) is 0 Å². The van der Waals surface area contributed by atoms with E-state index in [-0.39, 0.29) is 36.1 Å². The molecule has 11 nitrogen and oxygen atoms in total. The summed E-state index contributed by atoms with van der Waals surface area (Å²) < 4.78 is 26.0. The summed E-state index contributed by atoms with van der Waals surface area (Å²) in [5, 5.41) is 11.2. The third kappa shape index (κ3) is 7.37. The maximum atomic E-state index is 14.2. The number of nitrogens with zero attached hydrogens (tertiary/aromatic N) is 3. The molecule has 0 bridgehead atoms. The number of fused-ring (bicyclic) bond motifs is 1. The van der Waals surface area contributed by atoms with Gasteiger partial charge in [0.15, 0.2) is 16.3 Å². The molecule has 0 amide bonds. The molecule has 0 spiro atoms.